The second kappa shape index (κ2) is 7.23. The molecule has 4 nitrogen and oxygen atoms in total. The summed E-state index contributed by atoms with van der Waals surface area (Å²) in [6.45, 7) is 4.05. The number of ether oxygens (including phenoxy) is 1. The topological polar surface area (TPSA) is 46.6 Å². The molecule has 1 amide bonds. The first-order valence-corrected chi connectivity index (χ1v) is 7.89. The van der Waals surface area contributed by atoms with Crippen LogP contribution in [0.5, 0.6) is 0 Å². The minimum absolute atomic E-state index is 0.0961. The van der Waals surface area contributed by atoms with E-state index in [1.165, 1.54) is 17.0 Å². The van der Waals surface area contributed by atoms with E-state index in [0.717, 1.165) is 18.6 Å². The lowest BCUT2D eigenvalue weighted by molar-refractivity contribution is -0.162. The van der Waals surface area contributed by atoms with Gasteiger partial charge >= 0.3 is 18.1 Å². The molecular formula is C17H20F3NO3. The fraction of sp³-hybridized carbons (Fsp3) is 0.529. The maximum atomic E-state index is 12.7. The van der Waals surface area contributed by atoms with E-state index in [1.54, 1.807) is 6.92 Å². The minimum atomic E-state index is -4.40. The molecule has 0 N–H and O–H groups in total. The maximum Gasteiger partial charge on any atom is 0.416 e. The van der Waals surface area contributed by atoms with E-state index >= 15 is 0 Å². The maximum absolute atomic E-state index is 12.7. The highest BCUT2D eigenvalue weighted by Crippen LogP contribution is 2.35. The number of alkyl halides is 3. The van der Waals surface area contributed by atoms with Gasteiger partial charge in [-0.25, -0.2) is 4.79 Å². The second-order valence-electron chi connectivity index (χ2n) is 6.00. The number of carbonyl (C=O) groups excluding carboxylic acids is 2. The Kier molecular flexibility index (Phi) is 5.51. The van der Waals surface area contributed by atoms with Crippen LogP contribution in [0.1, 0.15) is 43.9 Å². The molecule has 0 spiro atoms. The lowest BCUT2D eigenvalue weighted by Gasteiger charge is -2.38. The van der Waals surface area contributed by atoms with Gasteiger partial charge < -0.3 is 9.64 Å². The van der Waals surface area contributed by atoms with Crippen molar-refractivity contribution in [2.45, 2.75) is 38.9 Å². The largest absolute Gasteiger partial charge is 0.459 e. The van der Waals surface area contributed by atoms with Crippen LogP contribution in [0.25, 0.3) is 0 Å². The lowest BCUT2D eigenvalue weighted by Crippen LogP contribution is -2.45. The Hall–Kier alpha value is -2.05. The van der Waals surface area contributed by atoms with Crippen LogP contribution in [0.15, 0.2) is 24.3 Å². The van der Waals surface area contributed by atoms with Gasteiger partial charge in [0, 0.05) is 6.54 Å². The van der Waals surface area contributed by atoms with Gasteiger partial charge in [0.25, 0.3) is 0 Å². The van der Waals surface area contributed by atoms with Crippen LogP contribution >= 0.6 is 0 Å². The van der Waals surface area contributed by atoms with Crippen LogP contribution in [0, 0.1) is 5.92 Å². The highest BCUT2D eigenvalue weighted by molar-refractivity contribution is 6.32. The molecule has 7 heteroatoms. The molecule has 0 aliphatic carbocycles. The van der Waals surface area contributed by atoms with E-state index in [1.807, 2.05) is 6.92 Å². The van der Waals surface area contributed by atoms with Crippen molar-refractivity contribution < 1.29 is 27.5 Å². The van der Waals surface area contributed by atoms with Crippen LogP contribution < -0.4 is 0 Å². The summed E-state index contributed by atoms with van der Waals surface area (Å²) in [6, 6.07) is 4.32. The molecule has 1 saturated heterocycles. The molecule has 1 aliphatic rings. The minimum Gasteiger partial charge on any atom is -0.459 e. The van der Waals surface area contributed by atoms with E-state index in [-0.39, 0.29) is 12.5 Å². The summed E-state index contributed by atoms with van der Waals surface area (Å²) in [5, 5.41) is 0. The lowest BCUT2D eigenvalue weighted by atomic mass is 9.89. The van der Waals surface area contributed by atoms with Crippen molar-refractivity contribution in [2.75, 3.05) is 13.2 Å². The average molecular weight is 343 g/mol. The fourth-order valence-electron chi connectivity index (χ4n) is 2.93. The zero-order valence-electron chi connectivity index (χ0n) is 13.6. The van der Waals surface area contributed by atoms with E-state index < -0.39 is 29.7 Å². The summed E-state index contributed by atoms with van der Waals surface area (Å²) in [5.74, 6) is -1.45. The molecule has 1 heterocycles. The molecule has 2 rings (SSSR count). The number of halogens is 3. The Morgan fingerprint density at radius 2 is 1.83 bits per heavy atom. The molecule has 1 aromatic rings. The quantitative estimate of drug-likeness (QED) is 0.609. The normalized spacial score (nSPS) is 21.5. The Morgan fingerprint density at radius 3 is 2.38 bits per heavy atom. The smallest absolute Gasteiger partial charge is 0.416 e. The van der Waals surface area contributed by atoms with Gasteiger partial charge in [-0.3, -0.25) is 4.79 Å². The van der Waals surface area contributed by atoms with Crippen molar-refractivity contribution >= 4 is 11.9 Å². The number of hydrogen-bond acceptors (Lipinski definition) is 3. The summed E-state index contributed by atoms with van der Waals surface area (Å²) in [7, 11) is 0. The zero-order valence-corrected chi connectivity index (χ0v) is 13.6. The molecule has 0 bridgehead atoms. The Balaban J connectivity index is 2.25. The predicted molar refractivity (Wildman–Crippen MR) is 80.9 cm³/mol. The van der Waals surface area contributed by atoms with Crippen molar-refractivity contribution in [3.8, 4) is 0 Å². The van der Waals surface area contributed by atoms with Crippen LogP contribution in [0.3, 0.4) is 0 Å². The van der Waals surface area contributed by atoms with Gasteiger partial charge in [0.2, 0.25) is 0 Å². The number of hydrogen-bond donors (Lipinski definition) is 0. The second-order valence-corrected chi connectivity index (χ2v) is 6.00. The third-order valence-electron chi connectivity index (χ3n) is 4.15. The van der Waals surface area contributed by atoms with Crippen LogP contribution in [0.4, 0.5) is 13.2 Å². The summed E-state index contributed by atoms with van der Waals surface area (Å²) < 4.78 is 42.8. The van der Waals surface area contributed by atoms with Gasteiger partial charge in [-0.05, 0) is 43.4 Å². The first-order chi connectivity index (χ1) is 11.2. The SMILES string of the molecule is CCOC(=O)C(=O)N1CC(C)CCC1c1ccc(C(F)(F)F)cc1. The first kappa shape index (κ1) is 18.3. The number of likely N-dealkylation sites (tertiary alicyclic amines) is 1. The van der Waals surface area contributed by atoms with Gasteiger partial charge in [-0.2, -0.15) is 13.2 Å². The van der Waals surface area contributed by atoms with Gasteiger partial charge in [0.15, 0.2) is 0 Å². The molecule has 0 aromatic heterocycles. The highest BCUT2D eigenvalue weighted by Gasteiger charge is 2.36. The third kappa shape index (κ3) is 4.07. The zero-order chi connectivity index (χ0) is 17.9. The van der Waals surface area contributed by atoms with Crippen LogP contribution in [-0.2, 0) is 20.5 Å². The highest BCUT2D eigenvalue weighted by atomic mass is 19.4. The number of nitrogens with zero attached hydrogens (tertiary/aromatic N) is 1. The fourth-order valence-corrected chi connectivity index (χ4v) is 2.93. The molecule has 2 unspecified atom stereocenters. The first-order valence-electron chi connectivity index (χ1n) is 7.89. The van der Waals surface area contributed by atoms with Crippen molar-refractivity contribution in [1.29, 1.82) is 0 Å². The van der Waals surface area contributed by atoms with Gasteiger partial charge in [0.1, 0.15) is 0 Å². The number of piperidine rings is 1. The number of rotatable bonds is 2. The molecule has 0 radical (unpaired) electrons. The van der Waals surface area contributed by atoms with Crippen LogP contribution in [0.2, 0.25) is 0 Å². The van der Waals surface area contributed by atoms with Crippen molar-refractivity contribution in [3.05, 3.63) is 35.4 Å². The number of carbonyl (C=O) groups is 2. The average Bonchev–Trinajstić information content (AvgIpc) is 2.53. The number of amides is 1. The molecule has 24 heavy (non-hydrogen) atoms. The van der Waals surface area contributed by atoms with Gasteiger partial charge in [0.05, 0.1) is 18.2 Å². The molecular weight excluding hydrogens is 323 g/mol. The summed E-state index contributed by atoms with van der Waals surface area (Å²) in [5.41, 5.74) is -0.147. The van der Waals surface area contributed by atoms with Crippen molar-refractivity contribution in [2.24, 2.45) is 5.92 Å². The summed E-state index contributed by atoms with van der Waals surface area (Å²) in [6.07, 6.45) is -2.98. The molecule has 1 aliphatic heterocycles. The van der Waals surface area contributed by atoms with E-state index in [4.69, 9.17) is 4.74 Å². The molecule has 2 atom stereocenters. The third-order valence-corrected chi connectivity index (χ3v) is 4.15. The Bertz CT molecular complexity index is 598. The summed E-state index contributed by atoms with van der Waals surface area (Å²) >= 11 is 0. The monoisotopic (exact) mass is 343 g/mol. The van der Waals surface area contributed by atoms with E-state index in [0.29, 0.717) is 18.5 Å². The van der Waals surface area contributed by atoms with Crippen molar-refractivity contribution in [3.63, 3.8) is 0 Å². The molecule has 1 aromatic carbocycles. The molecule has 132 valence electrons. The van der Waals surface area contributed by atoms with Crippen molar-refractivity contribution in [1.82, 2.24) is 4.90 Å². The van der Waals surface area contributed by atoms with Crippen LogP contribution in [-0.4, -0.2) is 29.9 Å². The molecule has 1 fully saturated rings. The number of benzene rings is 1. The standard InChI is InChI=1S/C17H20F3NO3/c1-3-24-16(23)15(22)21-10-11(2)4-9-14(21)12-5-7-13(8-6-12)17(18,19)20/h5-8,11,14H,3-4,9-10H2,1-2H3. The van der Waals surface area contributed by atoms with Gasteiger partial charge in [-0.1, -0.05) is 19.1 Å². The molecule has 0 saturated carbocycles. The van der Waals surface area contributed by atoms with Gasteiger partial charge in [-0.15, -0.1) is 0 Å². The Labute approximate surface area is 138 Å². The summed E-state index contributed by atoms with van der Waals surface area (Å²) in [4.78, 5) is 25.5. The van der Waals surface area contributed by atoms with E-state index in [9.17, 15) is 22.8 Å². The predicted octanol–water partition coefficient (Wildman–Crippen LogP) is 3.57. The number of esters is 1. The van der Waals surface area contributed by atoms with E-state index in [2.05, 4.69) is 0 Å². The Morgan fingerprint density at radius 1 is 1.21 bits per heavy atom.